The molecule has 0 fully saturated rings. The number of nitrogens with two attached hydrogens (primary N) is 1. The molecule has 0 unspecified atom stereocenters. The van der Waals surface area contributed by atoms with Crippen LogP contribution in [-0.2, 0) is 0 Å². The van der Waals surface area contributed by atoms with Gasteiger partial charge in [0.1, 0.15) is 0 Å². The van der Waals surface area contributed by atoms with E-state index in [-0.39, 0.29) is 0 Å². The molecule has 0 heterocycles. The molecule has 0 radical (unpaired) electrons. The van der Waals surface area contributed by atoms with Crippen LogP contribution in [-0.4, -0.2) is 5.21 Å². The molecule has 3 N–H and O–H groups in total. The van der Waals surface area contributed by atoms with E-state index in [9.17, 15) is 0 Å². The summed E-state index contributed by atoms with van der Waals surface area (Å²) in [5, 5.41) is 9.36. The molecule has 0 aliphatic heterocycles. The van der Waals surface area contributed by atoms with E-state index in [1.807, 2.05) is 0 Å². The van der Waals surface area contributed by atoms with E-state index in [4.69, 9.17) is 5.21 Å². The topological polar surface area (TPSA) is 46.2 Å². The van der Waals surface area contributed by atoms with Crippen molar-refractivity contribution in [3.05, 3.63) is 36.4 Å². The van der Waals surface area contributed by atoms with E-state index >= 15 is 0 Å². The molecular formula is C10H9NO. The maximum absolute atomic E-state index is 6.50. The molecule has 12 heavy (non-hydrogen) atoms. The summed E-state index contributed by atoms with van der Waals surface area (Å²) in [6, 6.07) is 12.9. The lowest BCUT2D eigenvalue weighted by atomic mass is 10.2. The van der Waals surface area contributed by atoms with Crippen molar-refractivity contribution in [3.8, 4) is 11.1 Å². The summed E-state index contributed by atoms with van der Waals surface area (Å²) in [4.78, 5) is 0. The van der Waals surface area contributed by atoms with Crippen molar-refractivity contribution in [1.29, 1.82) is 0 Å². The Balaban J connectivity index is 0.000000264. The van der Waals surface area contributed by atoms with Crippen molar-refractivity contribution in [3.63, 3.8) is 0 Å². The van der Waals surface area contributed by atoms with Crippen LogP contribution < -0.4 is 5.90 Å². The third-order valence-corrected chi connectivity index (χ3v) is 2.13. The summed E-state index contributed by atoms with van der Waals surface area (Å²) in [7, 11) is 0. The molecule has 3 rings (SSSR count). The molecule has 0 saturated heterocycles. The summed E-state index contributed by atoms with van der Waals surface area (Å²) in [5.41, 5.74) is 2.89. The van der Waals surface area contributed by atoms with Crippen molar-refractivity contribution in [2.75, 3.05) is 0 Å². The first-order valence-electron chi connectivity index (χ1n) is 3.75. The third kappa shape index (κ3) is 0.826. The highest BCUT2D eigenvalue weighted by atomic mass is 16.4. The van der Waals surface area contributed by atoms with Gasteiger partial charge in [0.2, 0.25) is 0 Å². The predicted octanol–water partition coefficient (Wildman–Crippen LogP) is 2.15. The van der Waals surface area contributed by atoms with E-state index in [1.165, 1.54) is 21.9 Å². The Labute approximate surface area is 70.2 Å². The lowest BCUT2D eigenvalue weighted by Crippen LogP contribution is -1.72. The molecule has 60 valence electrons. The summed E-state index contributed by atoms with van der Waals surface area (Å²) in [5.74, 6) is 3.50. The van der Waals surface area contributed by atoms with Crippen LogP contribution in [0.5, 0.6) is 0 Å². The minimum Gasteiger partial charge on any atom is -0.320 e. The van der Waals surface area contributed by atoms with Crippen molar-refractivity contribution in [1.82, 2.24) is 0 Å². The largest absolute Gasteiger partial charge is 0.320 e. The summed E-state index contributed by atoms with van der Waals surface area (Å²) in [6.07, 6.45) is 0. The number of fused-ring (bicyclic) bond motifs is 1. The standard InChI is InChI=1S/C10H6.H3NO/c1-3-7-4-2-6-9-8(5-1)10(7)9;1-2/h1-6H;2H,1H2. The average molecular weight is 159 g/mol. The van der Waals surface area contributed by atoms with Crippen LogP contribution in [0.2, 0.25) is 0 Å². The Hall–Kier alpha value is -1.38. The van der Waals surface area contributed by atoms with Crippen molar-refractivity contribution in [2.24, 2.45) is 5.90 Å². The van der Waals surface area contributed by atoms with Gasteiger partial charge in [-0.1, -0.05) is 36.4 Å². The zero-order chi connectivity index (χ0) is 8.55. The second-order valence-electron chi connectivity index (χ2n) is 2.71. The Kier molecular flexibility index (Phi) is 1.57. The SMILES string of the molecule is NO.c1cc2c3c-2cccc3c1. The lowest BCUT2D eigenvalue weighted by Gasteiger charge is -1.80. The molecule has 0 spiro atoms. The first-order valence-corrected chi connectivity index (χ1v) is 3.75. The summed E-state index contributed by atoms with van der Waals surface area (Å²) < 4.78 is 0. The molecule has 0 saturated carbocycles. The van der Waals surface area contributed by atoms with Crippen molar-refractivity contribution in [2.45, 2.75) is 0 Å². The molecule has 0 atom stereocenters. The third-order valence-electron chi connectivity index (χ3n) is 2.13. The number of hydrogen-bond donors (Lipinski definition) is 2. The normalized spacial score (nSPS) is 10.5. The van der Waals surface area contributed by atoms with Gasteiger partial charge in [0.15, 0.2) is 0 Å². The van der Waals surface area contributed by atoms with Crippen LogP contribution in [0.4, 0.5) is 0 Å². The van der Waals surface area contributed by atoms with Crippen LogP contribution in [0.1, 0.15) is 0 Å². The van der Waals surface area contributed by atoms with Crippen LogP contribution in [0, 0.1) is 0 Å². The molecule has 2 aromatic carbocycles. The maximum atomic E-state index is 6.50. The highest BCUT2D eigenvalue weighted by Gasteiger charge is 2.18. The maximum Gasteiger partial charge on any atom is -0.00264 e. The molecular weight excluding hydrogens is 150 g/mol. The fourth-order valence-corrected chi connectivity index (χ4v) is 1.59. The van der Waals surface area contributed by atoms with Gasteiger partial charge in [0.05, 0.1) is 0 Å². The molecule has 0 aromatic heterocycles. The van der Waals surface area contributed by atoms with Crippen molar-refractivity contribution < 1.29 is 5.21 Å². The molecule has 1 aliphatic rings. The Morgan fingerprint density at radius 1 is 0.833 bits per heavy atom. The van der Waals surface area contributed by atoms with Crippen LogP contribution >= 0.6 is 0 Å². The van der Waals surface area contributed by atoms with Crippen LogP contribution in [0.15, 0.2) is 36.4 Å². The molecule has 1 aliphatic carbocycles. The highest BCUT2D eigenvalue weighted by molar-refractivity contribution is 6.19. The van der Waals surface area contributed by atoms with Crippen LogP contribution in [0.25, 0.3) is 21.9 Å². The van der Waals surface area contributed by atoms with Crippen LogP contribution in [0.3, 0.4) is 0 Å². The van der Waals surface area contributed by atoms with E-state index in [0.717, 1.165) is 0 Å². The average Bonchev–Trinajstić information content (AvgIpc) is 2.87. The fraction of sp³-hybridized carbons (Fsp3) is 0. The van der Waals surface area contributed by atoms with E-state index in [0.29, 0.717) is 0 Å². The Morgan fingerprint density at radius 2 is 1.33 bits per heavy atom. The van der Waals surface area contributed by atoms with Gasteiger partial charge >= 0.3 is 0 Å². The quantitative estimate of drug-likeness (QED) is 0.494. The summed E-state index contributed by atoms with van der Waals surface area (Å²) >= 11 is 0. The Morgan fingerprint density at radius 3 is 1.75 bits per heavy atom. The van der Waals surface area contributed by atoms with E-state index in [2.05, 4.69) is 42.3 Å². The molecule has 2 nitrogen and oxygen atoms in total. The molecule has 2 aromatic rings. The van der Waals surface area contributed by atoms with Gasteiger partial charge in [0, 0.05) is 0 Å². The number of benzene rings is 2. The molecule has 0 bridgehead atoms. The molecule has 2 heteroatoms. The first-order chi connectivity index (χ1) is 5.97. The zero-order valence-corrected chi connectivity index (χ0v) is 6.49. The van der Waals surface area contributed by atoms with Crippen molar-refractivity contribution >= 4 is 10.8 Å². The van der Waals surface area contributed by atoms with Gasteiger partial charge in [-0.3, -0.25) is 0 Å². The van der Waals surface area contributed by atoms with Gasteiger partial charge < -0.3 is 5.21 Å². The number of rotatable bonds is 0. The van der Waals surface area contributed by atoms with E-state index in [1.54, 1.807) is 0 Å². The number of hydrogen-bond acceptors (Lipinski definition) is 2. The lowest BCUT2D eigenvalue weighted by molar-refractivity contribution is 0.311. The minimum atomic E-state index is 1.38. The van der Waals surface area contributed by atoms with Gasteiger partial charge in [-0.2, -0.15) is 0 Å². The fourth-order valence-electron chi connectivity index (χ4n) is 1.59. The monoisotopic (exact) mass is 159 g/mol. The van der Waals surface area contributed by atoms with Gasteiger partial charge in [-0.15, -0.1) is 0 Å². The summed E-state index contributed by atoms with van der Waals surface area (Å²) in [6.45, 7) is 0. The predicted molar refractivity (Wildman–Crippen MR) is 48.9 cm³/mol. The van der Waals surface area contributed by atoms with Gasteiger partial charge in [-0.05, 0) is 21.9 Å². The second-order valence-corrected chi connectivity index (χ2v) is 2.71. The molecule has 0 amide bonds. The second kappa shape index (κ2) is 2.59. The van der Waals surface area contributed by atoms with E-state index < -0.39 is 0 Å². The zero-order valence-electron chi connectivity index (χ0n) is 6.49. The smallest absolute Gasteiger partial charge is 0.00264 e. The minimum absolute atomic E-state index is 1.38. The van der Waals surface area contributed by atoms with Gasteiger partial charge in [0.25, 0.3) is 0 Å². The first kappa shape index (κ1) is 7.28. The van der Waals surface area contributed by atoms with Gasteiger partial charge in [-0.25, -0.2) is 5.90 Å². The highest BCUT2D eigenvalue weighted by Crippen LogP contribution is 2.46. The Bertz CT molecular complexity index is 386.